The minimum Gasteiger partial charge on any atom is -0.256 e. The smallest absolute Gasteiger partial charge is 0.256 e. The molecule has 0 saturated carbocycles. The lowest BCUT2D eigenvalue weighted by Crippen LogP contribution is -2.32. The molecule has 1 atom stereocenters. The van der Waals surface area contributed by atoms with E-state index in [1.807, 2.05) is 0 Å². The van der Waals surface area contributed by atoms with Crippen LogP contribution in [-0.2, 0) is 26.2 Å². The van der Waals surface area contributed by atoms with E-state index in [9.17, 15) is 4.57 Å². The second kappa shape index (κ2) is 6.69. The average molecular weight is 366 g/mol. The summed E-state index contributed by atoms with van der Waals surface area (Å²) in [6.45, 7) is 27.0. The highest BCUT2D eigenvalue weighted by Gasteiger charge is 2.39. The van der Waals surface area contributed by atoms with Crippen molar-refractivity contribution < 1.29 is 9.09 Å². The van der Waals surface area contributed by atoms with Gasteiger partial charge in [0.05, 0.1) is 0 Å². The zero-order valence-electron chi connectivity index (χ0n) is 18.4. The van der Waals surface area contributed by atoms with Crippen LogP contribution in [0.4, 0.5) is 0 Å². The van der Waals surface area contributed by atoms with Crippen molar-refractivity contribution in [2.24, 2.45) is 0 Å². The monoisotopic (exact) mass is 365 g/mol. The molecular weight excluding hydrogens is 327 g/mol. The van der Waals surface area contributed by atoms with E-state index in [0.29, 0.717) is 0 Å². The van der Waals surface area contributed by atoms with Crippen molar-refractivity contribution in [1.82, 2.24) is 0 Å². The topological polar surface area (TPSA) is 26.3 Å². The molecule has 0 N–H and O–H groups in total. The fourth-order valence-electron chi connectivity index (χ4n) is 3.65. The van der Waals surface area contributed by atoms with E-state index in [1.54, 1.807) is 0 Å². The van der Waals surface area contributed by atoms with Crippen LogP contribution in [0.3, 0.4) is 0 Å². The Bertz CT molecular complexity index is 645. The van der Waals surface area contributed by atoms with Crippen molar-refractivity contribution in [3.05, 3.63) is 28.3 Å². The number of hydrogen-bond acceptors (Lipinski definition) is 2. The standard InChI is InChI=1S/C22H38O2P/c1-19(2,3)14-13-15(24-25-23)17(21(7,8)9)18(22(10,11)12)16(14)20(4,5)6/h13,25H,1-12H3/q+1. The Morgan fingerprint density at radius 1 is 0.640 bits per heavy atom. The van der Waals surface area contributed by atoms with Gasteiger partial charge in [-0.25, -0.2) is 0 Å². The maximum absolute atomic E-state index is 11.4. The second-order valence-electron chi connectivity index (χ2n) is 11.2. The largest absolute Gasteiger partial charge is 0.542 e. The lowest BCUT2D eigenvalue weighted by molar-refractivity contribution is 0.455. The molecule has 3 heteroatoms. The summed E-state index contributed by atoms with van der Waals surface area (Å²) in [5, 5.41) is 0. The van der Waals surface area contributed by atoms with Crippen molar-refractivity contribution in [3.63, 3.8) is 0 Å². The van der Waals surface area contributed by atoms with Gasteiger partial charge in [-0.05, 0) is 49.0 Å². The Labute approximate surface area is 157 Å². The first-order valence-corrected chi connectivity index (χ1v) is 10.0. The molecule has 0 amide bonds. The van der Waals surface area contributed by atoms with Crippen LogP contribution in [0.5, 0.6) is 5.75 Å². The first-order chi connectivity index (χ1) is 10.9. The van der Waals surface area contributed by atoms with E-state index in [-0.39, 0.29) is 21.7 Å². The van der Waals surface area contributed by atoms with Crippen molar-refractivity contribution >= 4 is 8.69 Å². The van der Waals surface area contributed by atoms with Gasteiger partial charge in [-0.2, -0.15) is 0 Å². The van der Waals surface area contributed by atoms with Crippen LogP contribution in [0, 0.1) is 0 Å². The Hall–Kier alpha value is -0.880. The summed E-state index contributed by atoms with van der Waals surface area (Å²) >= 11 is 0. The molecule has 0 aliphatic heterocycles. The maximum atomic E-state index is 11.4. The quantitative estimate of drug-likeness (QED) is 0.518. The molecule has 1 rings (SSSR count). The van der Waals surface area contributed by atoms with Crippen LogP contribution in [0.25, 0.3) is 0 Å². The SMILES string of the molecule is CC(C)(C)c1cc(O[PH+]=O)c(C(C)(C)C)c(C(C)(C)C)c1C(C)(C)C. The molecule has 25 heavy (non-hydrogen) atoms. The summed E-state index contributed by atoms with van der Waals surface area (Å²) in [6.07, 6.45) is 0. The van der Waals surface area contributed by atoms with Gasteiger partial charge >= 0.3 is 8.69 Å². The van der Waals surface area contributed by atoms with E-state index < -0.39 is 8.69 Å². The highest BCUT2D eigenvalue weighted by molar-refractivity contribution is 7.17. The Morgan fingerprint density at radius 3 is 1.32 bits per heavy atom. The molecule has 2 nitrogen and oxygen atoms in total. The van der Waals surface area contributed by atoms with E-state index in [4.69, 9.17) is 4.52 Å². The van der Waals surface area contributed by atoms with Crippen LogP contribution in [0.1, 0.15) is 105 Å². The molecule has 0 aliphatic carbocycles. The second-order valence-corrected chi connectivity index (χ2v) is 11.6. The molecule has 1 aromatic rings. The van der Waals surface area contributed by atoms with E-state index >= 15 is 0 Å². The molecular formula is C22H38O2P+. The predicted molar refractivity (Wildman–Crippen MR) is 111 cm³/mol. The summed E-state index contributed by atoms with van der Waals surface area (Å²) in [5.41, 5.74) is 5.04. The molecule has 0 saturated heterocycles. The first kappa shape index (κ1) is 22.2. The number of hydrogen-bond donors (Lipinski definition) is 0. The van der Waals surface area contributed by atoms with Gasteiger partial charge in [-0.1, -0.05) is 83.1 Å². The molecule has 0 radical (unpaired) electrons. The van der Waals surface area contributed by atoms with Gasteiger partial charge in [0.25, 0.3) is 0 Å². The summed E-state index contributed by atoms with van der Waals surface area (Å²) in [4.78, 5) is 0. The molecule has 0 spiro atoms. The van der Waals surface area contributed by atoms with E-state index in [0.717, 1.165) is 5.75 Å². The van der Waals surface area contributed by atoms with Crippen LogP contribution in [0.2, 0.25) is 0 Å². The Kier molecular flexibility index (Phi) is 5.93. The van der Waals surface area contributed by atoms with Gasteiger partial charge in [-0.15, -0.1) is 0 Å². The summed E-state index contributed by atoms with van der Waals surface area (Å²) < 4.78 is 17.1. The maximum Gasteiger partial charge on any atom is 0.542 e. The van der Waals surface area contributed by atoms with Crippen molar-refractivity contribution in [3.8, 4) is 5.75 Å². The minimum absolute atomic E-state index is 0.00348. The molecule has 0 aliphatic rings. The van der Waals surface area contributed by atoms with Crippen LogP contribution < -0.4 is 4.52 Å². The Morgan fingerprint density at radius 2 is 1.04 bits per heavy atom. The van der Waals surface area contributed by atoms with Gasteiger partial charge in [0.15, 0.2) is 5.75 Å². The summed E-state index contributed by atoms with van der Waals surface area (Å²) in [7, 11) is -0.796. The lowest BCUT2D eigenvalue weighted by atomic mass is 9.64. The first-order valence-electron chi connectivity index (χ1n) is 9.19. The average Bonchev–Trinajstić information content (AvgIpc) is 2.32. The zero-order chi connectivity index (χ0) is 20.0. The molecule has 142 valence electrons. The lowest BCUT2D eigenvalue weighted by Gasteiger charge is -2.40. The molecule has 0 fully saturated rings. The van der Waals surface area contributed by atoms with E-state index in [2.05, 4.69) is 89.2 Å². The highest BCUT2D eigenvalue weighted by atomic mass is 31.1. The highest BCUT2D eigenvalue weighted by Crippen LogP contribution is 2.49. The molecule has 0 heterocycles. The van der Waals surface area contributed by atoms with Crippen molar-refractivity contribution in [2.75, 3.05) is 0 Å². The molecule has 0 aromatic heterocycles. The molecule has 1 aromatic carbocycles. The third-order valence-electron chi connectivity index (χ3n) is 4.50. The van der Waals surface area contributed by atoms with Gasteiger partial charge in [0.1, 0.15) is 0 Å². The summed E-state index contributed by atoms with van der Waals surface area (Å²) in [6, 6.07) is 2.14. The number of rotatable bonds is 2. The normalized spacial score (nSPS) is 14.1. The van der Waals surface area contributed by atoms with Gasteiger partial charge in [0.2, 0.25) is 0 Å². The van der Waals surface area contributed by atoms with Crippen molar-refractivity contribution in [1.29, 1.82) is 0 Å². The zero-order valence-corrected chi connectivity index (χ0v) is 19.4. The molecule has 0 bridgehead atoms. The molecule has 1 unspecified atom stereocenters. The van der Waals surface area contributed by atoms with Crippen LogP contribution in [0.15, 0.2) is 6.07 Å². The minimum atomic E-state index is -0.796. The number of benzene rings is 1. The Balaban J connectivity index is 4.27. The fraction of sp³-hybridized carbons (Fsp3) is 0.727. The summed E-state index contributed by atoms with van der Waals surface area (Å²) in [5.74, 6) is 0.767. The van der Waals surface area contributed by atoms with Gasteiger partial charge < -0.3 is 0 Å². The predicted octanol–water partition coefficient (Wildman–Crippen LogP) is 7.19. The third-order valence-corrected chi connectivity index (χ3v) is 4.80. The van der Waals surface area contributed by atoms with E-state index in [1.165, 1.54) is 22.3 Å². The van der Waals surface area contributed by atoms with Crippen LogP contribution in [-0.4, -0.2) is 0 Å². The van der Waals surface area contributed by atoms with Gasteiger partial charge in [0, 0.05) is 5.56 Å². The van der Waals surface area contributed by atoms with Crippen LogP contribution >= 0.6 is 8.69 Å². The fourth-order valence-corrected chi connectivity index (χ4v) is 3.90. The third kappa shape index (κ3) is 4.85. The van der Waals surface area contributed by atoms with Gasteiger partial charge in [-0.3, -0.25) is 4.52 Å². The van der Waals surface area contributed by atoms with Crippen molar-refractivity contribution in [2.45, 2.75) is 105 Å².